The van der Waals surface area contributed by atoms with Crippen LogP contribution in [-0.4, -0.2) is 55.6 Å². The molecule has 1 aliphatic heterocycles. The van der Waals surface area contributed by atoms with Crippen molar-refractivity contribution < 1.29 is 0 Å². The van der Waals surface area contributed by atoms with Gasteiger partial charge in [0.1, 0.15) is 0 Å². The van der Waals surface area contributed by atoms with E-state index in [0.29, 0.717) is 16.1 Å². The Labute approximate surface area is 125 Å². The third-order valence-corrected chi connectivity index (χ3v) is 4.45. The van der Waals surface area contributed by atoms with E-state index in [4.69, 9.17) is 28.9 Å². The van der Waals surface area contributed by atoms with Crippen LogP contribution in [0.2, 0.25) is 10.0 Å². The Hall–Kier alpha value is -0.320. The van der Waals surface area contributed by atoms with Crippen molar-refractivity contribution in [1.82, 2.24) is 9.80 Å². The average Bonchev–Trinajstić information content (AvgIpc) is 2.35. The Bertz CT molecular complexity index is 439. The predicted octanol–water partition coefficient (Wildman–Crippen LogP) is 2.11. The van der Waals surface area contributed by atoms with Gasteiger partial charge < -0.3 is 10.6 Å². The lowest BCUT2D eigenvalue weighted by Crippen LogP contribution is -2.58. The number of nitrogens with two attached hydrogens (primary N) is 1. The number of rotatable bonds is 3. The topological polar surface area (TPSA) is 32.5 Å². The molecule has 3 nitrogen and oxygen atoms in total. The van der Waals surface area contributed by atoms with Crippen LogP contribution in [-0.2, 0) is 6.42 Å². The molecule has 1 aromatic rings. The summed E-state index contributed by atoms with van der Waals surface area (Å²) in [6.07, 6.45) is 0.777. The van der Waals surface area contributed by atoms with Crippen LogP contribution in [0.5, 0.6) is 0 Å². The molecular formula is C14H21Cl2N3. The summed E-state index contributed by atoms with van der Waals surface area (Å²) in [7, 11) is 4.28. The minimum atomic E-state index is 0.0754. The number of benzene rings is 1. The molecule has 0 amide bonds. The summed E-state index contributed by atoms with van der Waals surface area (Å²) in [4.78, 5) is 4.67. The smallest absolute Gasteiger partial charge is 0.0453 e. The predicted molar refractivity (Wildman–Crippen MR) is 82.1 cm³/mol. The third-order valence-electron chi connectivity index (χ3n) is 3.86. The zero-order chi connectivity index (χ0) is 14.0. The molecule has 1 heterocycles. The van der Waals surface area contributed by atoms with Crippen LogP contribution >= 0.6 is 23.2 Å². The molecule has 1 aromatic carbocycles. The first-order valence-corrected chi connectivity index (χ1v) is 7.31. The molecule has 0 radical (unpaired) electrons. The van der Waals surface area contributed by atoms with E-state index < -0.39 is 0 Å². The zero-order valence-corrected chi connectivity index (χ0v) is 13.0. The van der Waals surface area contributed by atoms with Crippen molar-refractivity contribution in [2.24, 2.45) is 5.73 Å². The van der Waals surface area contributed by atoms with E-state index in [9.17, 15) is 0 Å². The number of likely N-dealkylation sites (N-methyl/N-ethyl adjacent to an activating group) is 2. The molecule has 1 saturated heterocycles. The SMILES string of the molecule is CN1CCN(C)C(C(N)Cc2ccc(Cl)cc2Cl)C1. The minimum Gasteiger partial charge on any atom is -0.326 e. The Balaban J connectivity index is 2.05. The largest absolute Gasteiger partial charge is 0.326 e. The monoisotopic (exact) mass is 301 g/mol. The summed E-state index contributed by atoms with van der Waals surface area (Å²) in [5, 5.41) is 1.37. The van der Waals surface area contributed by atoms with Crippen molar-refractivity contribution in [1.29, 1.82) is 0 Å². The van der Waals surface area contributed by atoms with E-state index in [2.05, 4.69) is 23.9 Å². The van der Waals surface area contributed by atoms with E-state index in [1.165, 1.54) is 0 Å². The zero-order valence-electron chi connectivity index (χ0n) is 11.4. The number of hydrogen-bond donors (Lipinski definition) is 1. The summed E-state index contributed by atoms with van der Waals surface area (Å²) in [5.74, 6) is 0. The number of piperazine rings is 1. The second kappa shape index (κ2) is 6.42. The molecule has 2 unspecified atom stereocenters. The van der Waals surface area contributed by atoms with E-state index in [1.54, 1.807) is 6.07 Å². The lowest BCUT2D eigenvalue weighted by molar-refractivity contribution is 0.0973. The van der Waals surface area contributed by atoms with Crippen LogP contribution in [0.15, 0.2) is 18.2 Å². The van der Waals surface area contributed by atoms with Gasteiger partial charge in [-0.2, -0.15) is 0 Å². The van der Waals surface area contributed by atoms with Crippen LogP contribution in [0.25, 0.3) is 0 Å². The third kappa shape index (κ3) is 3.83. The fourth-order valence-corrected chi connectivity index (χ4v) is 3.07. The summed E-state index contributed by atoms with van der Waals surface area (Å²) < 4.78 is 0. The number of nitrogens with zero attached hydrogens (tertiary/aromatic N) is 2. The van der Waals surface area contributed by atoms with Gasteiger partial charge in [0.15, 0.2) is 0 Å². The van der Waals surface area contributed by atoms with Gasteiger partial charge in [0.05, 0.1) is 0 Å². The van der Waals surface area contributed by atoms with Crippen LogP contribution in [0.1, 0.15) is 5.56 Å². The first kappa shape index (κ1) is 15.1. The molecule has 2 N–H and O–H groups in total. The summed E-state index contributed by atoms with van der Waals surface area (Å²) in [5.41, 5.74) is 7.45. The highest BCUT2D eigenvalue weighted by atomic mass is 35.5. The fraction of sp³-hybridized carbons (Fsp3) is 0.571. The van der Waals surface area contributed by atoms with Crippen molar-refractivity contribution in [3.63, 3.8) is 0 Å². The maximum Gasteiger partial charge on any atom is 0.0453 e. The summed E-state index contributed by atoms with van der Waals surface area (Å²) >= 11 is 12.1. The Morgan fingerprint density at radius 3 is 2.74 bits per heavy atom. The molecular weight excluding hydrogens is 281 g/mol. The van der Waals surface area contributed by atoms with Gasteiger partial charge in [-0.05, 0) is 38.2 Å². The van der Waals surface area contributed by atoms with Gasteiger partial charge >= 0.3 is 0 Å². The van der Waals surface area contributed by atoms with Gasteiger partial charge in [0, 0.05) is 41.8 Å². The first-order valence-electron chi connectivity index (χ1n) is 6.55. The van der Waals surface area contributed by atoms with Crippen LogP contribution in [0.3, 0.4) is 0 Å². The van der Waals surface area contributed by atoms with Gasteiger partial charge in [-0.1, -0.05) is 29.3 Å². The quantitative estimate of drug-likeness (QED) is 0.928. The Morgan fingerprint density at radius 1 is 1.32 bits per heavy atom. The average molecular weight is 302 g/mol. The minimum absolute atomic E-state index is 0.0754. The maximum absolute atomic E-state index is 6.38. The molecule has 0 aromatic heterocycles. The van der Waals surface area contributed by atoms with Crippen LogP contribution < -0.4 is 5.73 Å². The van der Waals surface area contributed by atoms with Gasteiger partial charge in [-0.15, -0.1) is 0 Å². The van der Waals surface area contributed by atoms with E-state index in [1.807, 2.05) is 12.1 Å². The molecule has 2 atom stereocenters. The molecule has 0 saturated carbocycles. The molecule has 19 heavy (non-hydrogen) atoms. The number of hydrogen-bond acceptors (Lipinski definition) is 3. The second-order valence-electron chi connectivity index (χ2n) is 5.41. The molecule has 1 fully saturated rings. The fourth-order valence-electron chi connectivity index (χ4n) is 2.58. The lowest BCUT2D eigenvalue weighted by Gasteiger charge is -2.40. The molecule has 106 valence electrons. The lowest BCUT2D eigenvalue weighted by atomic mass is 9.97. The van der Waals surface area contributed by atoms with E-state index in [-0.39, 0.29) is 6.04 Å². The van der Waals surface area contributed by atoms with Crippen molar-refractivity contribution in [2.75, 3.05) is 33.7 Å². The number of halogens is 2. The highest BCUT2D eigenvalue weighted by molar-refractivity contribution is 6.35. The molecule has 0 bridgehead atoms. The maximum atomic E-state index is 6.38. The summed E-state index contributed by atoms with van der Waals surface area (Å²) in [6, 6.07) is 6.06. The van der Waals surface area contributed by atoms with Crippen molar-refractivity contribution in [2.45, 2.75) is 18.5 Å². The van der Waals surface area contributed by atoms with Crippen LogP contribution in [0, 0.1) is 0 Å². The van der Waals surface area contributed by atoms with Crippen molar-refractivity contribution >= 4 is 23.2 Å². The molecule has 2 rings (SSSR count). The van der Waals surface area contributed by atoms with Crippen molar-refractivity contribution in [3.8, 4) is 0 Å². The molecule has 0 aliphatic carbocycles. The second-order valence-corrected chi connectivity index (χ2v) is 6.26. The van der Waals surface area contributed by atoms with E-state index in [0.717, 1.165) is 31.6 Å². The highest BCUT2D eigenvalue weighted by Gasteiger charge is 2.27. The van der Waals surface area contributed by atoms with Gasteiger partial charge in [-0.3, -0.25) is 4.90 Å². The van der Waals surface area contributed by atoms with Gasteiger partial charge in [-0.25, -0.2) is 0 Å². The Morgan fingerprint density at radius 2 is 2.05 bits per heavy atom. The van der Waals surface area contributed by atoms with Crippen LogP contribution in [0.4, 0.5) is 0 Å². The highest BCUT2D eigenvalue weighted by Crippen LogP contribution is 2.23. The van der Waals surface area contributed by atoms with E-state index >= 15 is 0 Å². The molecule has 1 aliphatic rings. The molecule has 0 spiro atoms. The summed E-state index contributed by atoms with van der Waals surface area (Å²) in [6.45, 7) is 3.16. The first-order chi connectivity index (χ1) is 8.97. The normalized spacial score (nSPS) is 23.5. The Kier molecular flexibility index (Phi) is 5.09. The standard InChI is InChI=1S/C14H21Cl2N3/c1-18-5-6-19(2)14(9-18)13(17)7-10-3-4-11(15)8-12(10)16/h3-4,8,13-14H,5-7,9,17H2,1-2H3. The van der Waals surface area contributed by atoms with Gasteiger partial charge in [0.2, 0.25) is 0 Å². The van der Waals surface area contributed by atoms with Crippen molar-refractivity contribution in [3.05, 3.63) is 33.8 Å². The molecule has 5 heteroatoms. The van der Waals surface area contributed by atoms with Gasteiger partial charge in [0.25, 0.3) is 0 Å².